The van der Waals surface area contributed by atoms with Crippen LogP contribution in [-0.2, 0) is 14.2 Å². The molecule has 1 aromatic carbocycles. The van der Waals surface area contributed by atoms with Crippen molar-refractivity contribution in [2.24, 2.45) is 0 Å². The van der Waals surface area contributed by atoms with E-state index in [1.165, 1.54) is 12.8 Å². The van der Waals surface area contributed by atoms with Crippen LogP contribution in [0.1, 0.15) is 93.2 Å². The van der Waals surface area contributed by atoms with E-state index >= 15 is 0 Å². The van der Waals surface area contributed by atoms with Crippen molar-refractivity contribution >= 4 is 5.97 Å². The van der Waals surface area contributed by atoms with E-state index in [4.69, 9.17) is 23.7 Å². The minimum Gasteiger partial charge on any atom is -0.497 e. The lowest BCUT2D eigenvalue weighted by molar-refractivity contribution is -0.214. The van der Waals surface area contributed by atoms with Gasteiger partial charge >= 0.3 is 5.97 Å². The number of benzene rings is 1. The van der Waals surface area contributed by atoms with Crippen LogP contribution in [0.2, 0.25) is 0 Å². The molecule has 3 aliphatic rings. The lowest BCUT2D eigenvalue weighted by Gasteiger charge is -2.24. The number of cyclic esters (lactones) is 1. The van der Waals surface area contributed by atoms with Crippen LogP contribution in [0.5, 0.6) is 11.5 Å². The first-order chi connectivity index (χ1) is 14.5. The molecule has 6 heteroatoms. The fourth-order valence-electron chi connectivity index (χ4n) is 5.07. The minimum absolute atomic E-state index is 0.212. The molecule has 2 saturated heterocycles. The summed E-state index contributed by atoms with van der Waals surface area (Å²) in [6.45, 7) is 2.14. The van der Waals surface area contributed by atoms with E-state index in [0.717, 1.165) is 56.9 Å². The lowest BCUT2D eigenvalue weighted by Crippen LogP contribution is -2.28. The smallest absolute Gasteiger partial charge is 0.342 e. The number of ether oxygens (including phenoxy) is 5. The zero-order chi connectivity index (χ0) is 21.1. The summed E-state index contributed by atoms with van der Waals surface area (Å²) in [5, 5.41) is 0. The Morgan fingerprint density at radius 1 is 1.00 bits per heavy atom. The van der Waals surface area contributed by atoms with Gasteiger partial charge in [0.25, 0.3) is 0 Å². The molecule has 6 nitrogen and oxygen atoms in total. The van der Waals surface area contributed by atoms with Crippen LogP contribution in [0.15, 0.2) is 12.1 Å². The van der Waals surface area contributed by atoms with Crippen molar-refractivity contribution in [2.75, 3.05) is 14.2 Å². The highest BCUT2D eigenvalue weighted by atomic mass is 16.7. The summed E-state index contributed by atoms with van der Waals surface area (Å²) < 4.78 is 28.6. The Kier molecular flexibility index (Phi) is 6.54. The van der Waals surface area contributed by atoms with Crippen LogP contribution < -0.4 is 9.47 Å². The highest BCUT2D eigenvalue weighted by Gasteiger charge is 2.45. The maximum absolute atomic E-state index is 12.3. The van der Waals surface area contributed by atoms with Crippen molar-refractivity contribution in [3.05, 3.63) is 23.3 Å². The summed E-state index contributed by atoms with van der Waals surface area (Å²) in [7, 11) is 3.17. The molecule has 3 heterocycles. The summed E-state index contributed by atoms with van der Waals surface area (Å²) in [5.41, 5.74) is 1.42. The lowest BCUT2D eigenvalue weighted by atomic mass is 9.98. The Labute approximate surface area is 179 Å². The highest BCUT2D eigenvalue weighted by molar-refractivity contribution is 5.97. The molecule has 0 saturated carbocycles. The second kappa shape index (κ2) is 9.15. The third-order valence-corrected chi connectivity index (χ3v) is 6.68. The Hall–Kier alpha value is -1.79. The molecule has 3 aliphatic heterocycles. The molecular formula is C24H34O6. The first kappa shape index (κ1) is 21.4. The summed E-state index contributed by atoms with van der Waals surface area (Å²) in [6.07, 6.45) is 11.2. The van der Waals surface area contributed by atoms with E-state index in [2.05, 4.69) is 6.92 Å². The van der Waals surface area contributed by atoms with E-state index in [1.54, 1.807) is 20.3 Å². The quantitative estimate of drug-likeness (QED) is 0.399. The molecule has 4 rings (SSSR count). The Balaban J connectivity index is 1.19. The fourth-order valence-corrected chi connectivity index (χ4v) is 5.07. The van der Waals surface area contributed by atoms with E-state index in [0.29, 0.717) is 29.3 Å². The van der Waals surface area contributed by atoms with Gasteiger partial charge in [0.2, 0.25) is 0 Å². The van der Waals surface area contributed by atoms with Crippen LogP contribution in [-0.4, -0.2) is 38.2 Å². The summed E-state index contributed by atoms with van der Waals surface area (Å²) in [5.74, 6) is 0.632. The van der Waals surface area contributed by atoms with Gasteiger partial charge in [-0.2, -0.15) is 0 Å². The van der Waals surface area contributed by atoms with Crippen molar-refractivity contribution in [2.45, 2.75) is 95.2 Å². The number of carbonyl (C=O) groups excluding carboxylic acids is 1. The van der Waals surface area contributed by atoms with Gasteiger partial charge in [0.05, 0.1) is 26.4 Å². The number of methoxy groups -OCH3 is 2. The largest absolute Gasteiger partial charge is 0.497 e. The van der Waals surface area contributed by atoms with E-state index in [9.17, 15) is 4.79 Å². The molecule has 0 amide bonds. The molecular weight excluding hydrogens is 384 g/mol. The number of hydrogen-bond acceptors (Lipinski definition) is 6. The second-order valence-electron chi connectivity index (χ2n) is 8.84. The molecule has 0 N–H and O–H groups in total. The standard InChI is InChI=1S/C24H34O6/c1-16-10-12-24(29-16)13-11-17(30-24)8-6-4-5-7-9-20-19-14-18(26-2)15-21(27-3)22(19)23(25)28-20/h14-17,20H,4-13H2,1-3H3/t16-,17-,20?,24+/m0/s1. The van der Waals surface area contributed by atoms with E-state index in [-0.39, 0.29) is 17.9 Å². The van der Waals surface area contributed by atoms with E-state index in [1.807, 2.05) is 6.07 Å². The third-order valence-electron chi connectivity index (χ3n) is 6.68. The first-order valence-electron chi connectivity index (χ1n) is 11.4. The Morgan fingerprint density at radius 3 is 2.47 bits per heavy atom. The summed E-state index contributed by atoms with van der Waals surface area (Å²) in [6, 6.07) is 3.63. The van der Waals surface area contributed by atoms with Gasteiger partial charge in [-0.15, -0.1) is 0 Å². The maximum Gasteiger partial charge on any atom is 0.342 e. The van der Waals surface area contributed by atoms with Gasteiger partial charge in [0, 0.05) is 24.5 Å². The van der Waals surface area contributed by atoms with Gasteiger partial charge in [-0.1, -0.05) is 19.3 Å². The van der Waals surface area contributed by atoms with Crippen molar-refractivity contribution in [1.82, 2.24) is 0 Å². The van der Waals surface area contributed by atoms with Gasteiger partial charge in [-0.3, -0.25) is 0 Å². The SMILES string of the molecule is COc1cc(OC)c2c(c1)C(CCCCCC[C@H]1CC[C@@]3(CC[C@H](C)O3)O1)OC2=O. The summed E-state index contributed by atoms with van der Waals surface area (Å²) in [4.78, 5) is 12.3. The molecule has 0 bridgehead atoms. The van der Waals surface area contributed by atoms with Gasteiger partial charge in [-0.25, -0.2) is 4.79 Å². The van der Waals surface area contributed by atoms with Crippen LogP contribution >= 0.6 is 0 Å². The highest BCUT2D eigenvalue weighted by Crippen LogP contribution is 2.43. The van der Waals surface area contributed by atoms with Crippen LogP contribution in [0.25, 0.3) is 0 Å². The third kappa shape index (κ3) is 4.45. The normalized spacial score (nSPS) is 30.0. The number of unbranched alkanes of at least 4 members (excludes halogenated alkanes) is 3. The van der Waals surface area contributed by atoms with Crippen molar-refractivity contribution in [1.29, 1.82) is 0 Å². The van der Waals surface area contributed by atoms with Crippen molar-refractivity contribution in [3.8, 4) is 11.5 Å². The maximum atomic E-state index is 12.3. The molecule has 4 atom stereocenters. The minimum atomic E-state index is -0.301. The molecule has 1 spiro atoms. The molecule has 0 radical (unpaired) electrons. The monoisotopic (exact) mass is 418 g/mol. The molecule has 2 fully saturated rings. The first-order valence-corrected chi connectivity index (χ1v) is 11.4. The topological polar surface area (TPSA) is 63.2 Å². The van der Waals surface area contributed by atoms with Crippen molar-refractivity contribution in [3.63, 3.8) is 0 Å². The number of rotatable bonds is 9. The van der Waals surface area contributed by atoms with Gasteiger partial charge < -0.3 is 23.7 Å². The predicted molar refractivity (Wildman–Crippen MR) is 112 cm³/mol. The molecule has 1 unspecified atom stereocenters. The van der Waals surface area contributed by atoms with Gasteiger partial charge in [-0.05, 0) is 45.1 Å². The number of carbonyl (C=O) groups is 1. The molecule has 0 aliphatic carbocycles. The van der Waals surface area contributed by atoms with Crippen LogP contribution in [0, 0.1) is 0 Å². The zero-order valence-electron chi connectivity index (χ0n) is 18.4. The molecule has 166 valence electrons. The average Bonchev–Trinajstić information content (AvgIpc) is 3.41. The fraction of sp³-hybridized carbons (Fsp3) is 0.708. The second-order valence-corrected chi connectivity index (χ2v) is 8.84. The van der Waals surface area contributed by atoms with Crippen LogP contribution in [0.3, 0.4) is 0 Å². The predicted octanol–water partition coefficient (Wildman–Crippen LogP) is 5.33. The molecule has 1 aromatic rings. The molecule has 30 heavy (non-hydrogen) atoms. The summed E-state index contributed by atoms with van der Waals surface area (Å²) >= 11 is 0. The number of esters is 1. The van der Waals surface area contributed by atoms with Gasteiger partial charge in [0.15, 0.2) is 5.79 Å². The van der Waals surface area contributed by atoms with Crippen LogP contribution in [0.4, 0.5) is 0 Å². The molecule has 0 aromatic heterocycles. The Morgan fingerprint density at radius 2 is 1.77 bits per heavy atom. The van der Waals surface area contributed by atoms with Crippen molar-refractivity contribution < 1.29 is 28.5 Å². The van der Waals surface area contributed by atoms with E-state index < -0.39 is 0 Å². The zero-order valence-corrected chi connectivity index (χ0v) is 18.4. The Bertz CT molecular complexity index is 762. The number of hydrogen-bond donors (Lipinski definition) is 0. The van der Waals surface area contributed by atoms with Gasteiger partial charge in [0.1, 0.15) is 23.2 Å². The average molecular weight is 419 g/mol. The number of fused-ring (bicyclic) bond motifs is 1.